The van der Waals surface area contributed by atoms with Gasteiger partial charge in [0.1, 0.15) is 5.82 Å². The summed E-state index contributed by atoms with van der Waals surface area (Å²) in [6.07, 6.45) is 0.841. The van der Waals surface area contributed by atoms with E-state index in [4.69, 9.17) is 5.11 Å². The van der Waals surface area contributed by atoms with Gasteiger partial charge >= 0.3 is 5.97 Å². The van der Waals surface area contributed by atoms with Gasteiger partial charge in [-0.25, -0.2) is 9.78 Å². The predicted molar refractivity (Wildman–Crippen MR) is 81.6 cm³/mol. The number of carboxylic acid groups (broad SMARTS) is 1. The van der Waals surface area contributed by atoms with Crippen LogP contribution in [0.25, 0.3) is 11.0 Å². The number of aryl methyl sites for hydroxylation is 1. The fraction of sp³-hybridized carbons (Fsp3) is 0.176. The van der Waals surface area contributed by atoms with E-state index in [9.17, 15) is 4.79 Å². The summed E-state index contributed by atoms with van der Waals surface area (Å²) in [6.45, 7) is 2.70. The van der Waals surface area contributed by atoms with Crippen molar-refractivity contribution in [3.05, 3.63) is 65.5 Å². The number of hydrogen-bond donors (Lipinski definition) is 1. The standard InChI is InChI=1S/C17H16N2O2/c1-2-16-18-14-8-3-4-9-15(14)19(16)11-12-6-5-7-13(10-12)17(20)21/h3-10H,2,11H2,1H3,(H,20,21). The molecule has 1 N–H and O–H groups in total. The van der Waals surface area contributed by atoms with Crippen molar-refractivity contribution in [3.63, 3.8) is 0 Å². The lowest BCUT2D eigenvalue weighted by Crippen LogP contribution is -2.05. The molecule has 0 atom stereocenters. The highest BCUT2D eigenvalue weighted by Gasteiger charge is 2.10. The Hall–Kier alpha value is -2.62. The summed E-state index contributed by atoms with van der Waals surface area (Å²) >= 11 is 0. The average molecular weight is 280 g/mol. The Morgan fingerprint density at radius 1 is 1.19 bits per heavy atom. The minimum atomic E-state index is -0.900. The topological polar surface area (TPSA) is 55.1 Å². The van der Waals surface area contributed by atoms with Crippen molar-refractivity contribution in [2.45, 2.75) is 19.9 Å². The summed E-state index contributed by atoms with van der Waals surface area (Å²) in [6, 6.07) is 15.1. The van der Waals surface area contributed by atoms with Gasteiger partial charge in [-0.05, 0) is 29.8 Å². The van der Waals surface area contributed by atoms with Crippen molar-refractivity contribution >= 4 is 17.0 Å². The second-order valence-electron chi connectivity index (χ2n) is 4.96. The molecular formula is C17H16N2O2. The number of fused-ring (bicyclic) bond motifs is 1. The Kier molecular flexibility index (Phi) is 3.44. The molecule has 1 heterocycles. The Bertz CT molecular complexity index is 805. The van der Waals surface area contributed by atoms with Crippen molar-refractivity contribution < 1.29 is 9.90 Å². The molecule has 4 nitrogen and oxygen atoms in total. The summed E-state index contributed by atoms with van der Waals surface area (Å²) in [5.41, 5.74) is 3.33. The number of para-hydroxylation sites is 2. The molecule has 2 aromatic carbocycles. The van der Waals surface area contributed by atoms with Crippen LogP contribution in [0.1, 0.15) is 28.7 Å². The van der Waals surface area contributed by atoms with Crippen molar-refractivity contribution in [2.24, 2.45) is 0 Å². The maximum absolute atomic E-state index is 11.1. The van der Waals surface area contributed by atoms with Gasteiger partial charge < -0.3 is 9.67 Å². The summed E-state index contributed by atoms with van der Waals surface area (Å²) in [5, 5.41) is 9.09. The zero-order valence-electron chi connectivity index (χ0n) is 11.8. The van der Waals surface area contributed by atoms with Crippen LogP contribution in [-0.2, 0) is 13.0 Å². The van der Waals surface area contributed by atoms with Crippen LogP contribution in [0.4, 0.5) is 0 Å². The molecule has 0 saturated heterocycles. The van der Waals surface area contributed by atoms with E-state index in [1.165, 1.54) is 0 Å². The van der Waals surface area contributed by atoms with E-state index in [0.717, 1.165) is 28.8 Å². The molecule has 0 radical (unpaired) electrons. The number of aromatic nitrogens is 2. The third-order valence-electron chi connectivity index (χ3n) is 3.56. The highest BCUT2D eigenvalue weighted by molar-refractivity contribution is 5.87. The van der Waals surface area contributed by atoms with E-state index in [-0.39, 0.29) is 0 Å². The Balaban J connectivity index is 2.05. The normalized spacial score (nSPS) is 10.9. The molecule has 0 aliphatic heterocycles. The maximum atomic E-state index is 11.1. The van der Waals surface area contributed by atoms with Crippen LogP contribution in [-0.4, -0.2) is 20.6 Å². The predicted octanol–water partition coefficient (Wildman–Crippen LogP) is 3.35. The summed E-state index contributed by atoms with van der Waals surface area (Å²) in [7, 11) is 0. The van der Waals surface area contributed by atoms with Crippen LogP contribution in [0.3, 0.4) is 0 Å². The van der Waals surface area contributed by atoms with Gasteiger partial charge in [-0.15, -0.1) is 0 Å². The summed E-state index contributed by atoms with van der Waals surface area (Å²) in [5.74, 6) is 0.111. The maximum Gasteiger partial charge on any atom is 0.335 e. The number of nitrogens with zero attached hydrogens (tertiary/aromatic N) is 2. The minimum Gasteiger partial charge on any atom is -0.478 e. The highest BCUT2D eigenvalue weighted by Crippen LogP contribution is 2.18. The van der Waals surface area contributed by atoms with E-state index in [1.54, 1.807) is 18.2 Å². The van der Waals surface area contributed by atoms with Crippen LogP contribution in [0.5, 0.6) is 0 Å². The molecule has 0 bridgehead atoms. The third kappa shape index (κ3) is 2.52. The summed E-state index contributed by atoms with van der Waals surface area (Å²) < 4.78 is 2.15. The summed E-state index contributed by atoms with van der Waals surface area (Å²) in [4.78, 5) is 15.7. The van der Waals surface area contributed by atoms with Gasteiger partial charge in [0.05, 0.1) is 16.6 Å². The van der Waals surface area contributed by atoms with Crippen molar-refractivity contribution in [1.82, 2.24) is 9.55 Å². The van der Waals surface area contributed by atoms with E-state index in [2.05, 4.69) is 16.5 Å². The Morgan fingerprint density at radius 2 is 2.00 bits per heavy atom. The minimum absolute atomic E-state index is 0.315. The average Bonchev–Trinajstić information content (AvgIpc) is 2.86. The van der Waals surface area contributed by atoms with Crippen molar-refractivity contribution in [1.29, 1.82) is 0 Å². The van der Waals surface area contributed by atoms with Gasteiger partial charge in [0.25, 0.3) is 0 Å². The second-order valence-corrected chi connectivity index (χ2v) is 4.96. The fourth-order valence-corrected chi connectivity index (χ4v) is 2.56. The van der Waals surface area contributed by atoms with Crippen molar-refractivity contribution in [2.75, 3.05) is 0 Å². The molecular weight excluding hydrogens is 264 g/mol. The molecule has 3 rings (SSSR count). The number of hydrogen-bond acceptors (Lipinski definition) is 2. The first-order chi connectivity index (χ1) is 10.2. The fourth-order valence-electron chi connectivity index (χ4n) is 2.56. The van der Waals surface area contributed by atoms with Crippen molar-refractivity contribution in [3.8, 4) is 0 Å². The first-order valence-electron chi connectivity index (χ1n) is 6.95. The first kappa shape index (κ1) is 13.4. The van der Waals surface area contributed by atoms with E-state index < -0.39 is 5.97 Å². The zero-order valence-corrected chi connectivity index (χ0v) is 11.8. The number of rotatable bonds is 4. The molecule has 3 aromatic rings. The van der Waals surface area contributed by atoms with Crippen LogP contribution < -0.4 is 0 Å². The smallest absolute Gasteiger partial charge is 0.335 e. The lowest BCUT2D eigenvalue weighted by atomic mass is 10.1. The van der Waals surface area contributed by atoms with Crippen LogP contribution >= 0.6 is 0 Å². The largest absolute Gasteiger partial charge is 0.478 e. The van der Waals surface area contributed by atoms with Gasteiger partial charge in [0.15, 0.2) is 0 Å². The molecule has 0 saturated carbocycles. The lowest BCUT2D eigenvalue weighted by molar-refractivity contribution is 0.0696. The molecule has 0 aliphatic rings. The lowest BCUT2D eigenvalue weighted by Gasteiger charge is -2.09. The van der Waals surface area contributed by atoms with Gasteiger partial charge in [-0.2, -0.15) is 0 Å². The molecule has 0 unspecified atom stereocenters. The quantitative estimate of drug-likeness (QED) is 0.797. The number of imidazole rings is 1. The Labute approximate surface area is 122 Å². The number of carbonyl (C=O) groups is 1. The van der Waals surface area contributed by atoms with Gasteiger partial charge in [-0.3, -0.25) is 0 Å². The number of carboxylic acids is 1. The number of aromatic carboxylic acids is 1. The molecule has 106 valence electrons. The van der Waals surface area contributed by atoms with Gasteiger partial charge in [0.2, 0.25) is 0 Å². The van der Waals surface area contributed by atoms with Crippen LogP contribution in [0.15, 0.2) is 48.5 Å². The zero-order chi connectivity index (χ0) is 14.8. The number of benzene rings is 2. The molecule has 21 heavy (non-hydrogen) atoms. The van der Waals surface area contributed by atoms with E-state index >= 15 is 0 Å². The molecule has 4 heteroatoms. The monoisotopic (exact) mass is 280 g/mol. The second kappa shape index (κ2) is 5.40. The SMILES string of the molecule is CCc1nc2ccccc2n1Cc1cccc(C(=O)O)c1. The van der Waals surface area contributed by atoms with Crippen LogP contribution in [0, 0.1) is 0 Å². The molecule has 0 fully saturated rings. The third-order valence-corrected chi connectivity index (χ3v) is 3.56. The van der Waals surface area contributed by atoms with E-state index in [1.807, 2.05) is 30.3 Å². The van der Waals surface area contributed by atoms with Crippen LogP contribution in [0.2, 0.25) is 0 Å². The van der Waals surface area contributed by atoms with Gasteiger partial charge in [0, 0.05) is 13.0 Å². The first-order valence-corrected chi connectivity index (χ1v) is 6.95. The Morgan fingerprint density at radius 3 is 2.76 bits per heavy atom. The molecule has 0 spiro atoms. The highest BCUT2D eigenvalue weighted by atomic mass is 16.4. The van der Waals surface area contributed by atoms with Gasteiger partial charge in [-0.1, -0.05) is 31.2 Å². The molecule has 0 amide bonds. The molecule has 0 aliphatic carbocycles. The molecule has 1 aromatic heterocycles. The van der Waals surface area contributed by atoms with E-state index in [0.29, 0.717) is 12.1 Å².